The molecule has 0 bridgehead atoms. The lowest BCUT2D eigenvalue weighted by atomic mass is 10.2. The van der Waals surface area contributed by atoms with Crippen LogP contribution in [0.3, 0.4) is 0 Å². The van der Waals surface area contributed by atoms with E-state index >= 15 is 0 Å². The Hall–Kier alpha value is -2.90. The minimum atomic E-state index is 0.0111. The number of amides is 1. The normalized spacial score (nSPS) is 17.1. The van der Waals surface area contributed by atoms with Gasteiger partial charge < -0.3 is 19.4 Å². The van der Waals surface area contributed by atoms with E-state index in [0.29, 0.717) is 24.5 Å². The molecule has 0 atom stereocenters. The number of carbonyl (C=O) groups is 1. The van der Waals surface area contributed by atoms with Crippen molar-refractivity contribution in [2.45, 2.75) is 19.8 Å². The zero-order valence-electron chi connectivity index (χ0n) is 16.5. The van der Waals surface area contributed by atoms with Gasteiger partial charge in [0.2, 0.25) is 11.8 Å². The van der Waals surface area contributed by atoms with Crippen LogP contribution in [-0.2, 0) is 0 Å². The van der Waals surface area contributed by atoms with Gasteiger partial charge in [-0.15, -0.1) is 0 Å². The number of methoxy groups -OCH3 is 1. The number of aryl methyl sites for hydroxylation is 1. The first-order chi connectivity index (χ1) is 13.6. The van der Waals surface area contributed by atoms with Crippen molar-refractivity contribution in [1.82, 2.24) is 19.9 Å². The third-order valence-electron chi connectivity index (χ3n) is 5.30. The molecule has 0 radical (unpaired) electrons. The molecule has 2 saturated heterocycles. The van der Waals surface area contributed by atoms with Crippen molar-refractivity contribution in [2.75, 3.05) is 56.2 Å². The van der Waals surface area contributed by atoms with Crippen LogP contribution in [0.1, 0.15) is 28.9 Å². The highest BCUT2D eigenvalue weighted by Crippen LogP contribution is 2.22. The summed E-state index contributed by atoms with van der Waals surface area (Å²) in [6.45, 7) is 6.90. The first-order valence-electron chi connectivity index (χ1n) is 9.79. The largest absolute Gasteiger partial charge is 0.481 e. The lowest BCUT2D eigenvalue weighted by Crippen LogP contribution is -2.49. The lowest BCUT2D eigenvalue weighted by Gasteiger charge is -2.35. The fourth-order valence-corrected chi connectivity index (χ4v) is 3.73. The van der Waals surface area contributed by atoms with Crippen LogP contribution in [0.2, 0.25) is 0 Å². The van der Waals surface area contributed by atoms with Crippen LogP contribution >= 0.6 is 0 Å². The van der Waals surface area contributed by atoms with Gasteiger partial charge in [0.25, 0.3) is 5.91 Å². The Morgan fingerprint density at radius 2 is 1.75 bits per heavy atom. The number of hydrogen-bond acceptors (Lipinski definition) is 7. The van der Waals surface area contributed by atoms with Crippen LogP contribution in [-0.4, -0.2) is 72.1 Å². The van der Waals surface area contributed by atoms with Crippen LogP contribution in [0.5, 0.6) is 5.88 Å². The van der Waals surface area contributed by atoms with Gasteiger partial charge in [0.05, 0.1) is 7.11 Å². The summed E-state index contributed by atoms with van der Waals surface area (Å²) in [4.78, 5) is 32.6. The Bertz CT molecular complexity index is 844. The number of pyridine rings is 1. The number of nitrogens with zero attached hydrogens (tertiary/aromatic N) is 6. The maximum atomic E-state index is 12.8. The van der Waals surface area contributed by atoms with Crippen LogP contribution in [0.15, 0.2) is 24.4 Å². The average molecular weight is 382 g/mol. The number of ether oxygens (including phenoxy) is 1. The van der Waals surface area contributed by atoms with E-state index in [-0.39, 0.29) is 5.91 Å². The highest BCUT2D eigenvalue weighted by Gasteiger charge is 2.24. The number of carbonyl (C=O) groups excluding carboxylic acids is 1. The molecule has 148 valence electrons. The first-order valence-corrected chi connectivity index (χ1v) is 9.79. The number of anilines is 2. The molecule has 0 aliphatic carbocycles. The Labute approximate surface area is 165 Å². The van der Waals surface area contributed by atoms with Gasteiger partial charge in [-0.1, -0.05) is 0 Å². The summed E-state index contributed by atoms with van der Waals surface area (Å²) < 4.78 is 5.12. The molecule has 2 aliphatic rings. The molecular weight excluding hydrogens is 356 g/mol. The molecule has 2 aromatic rings. The van der Waals surface area contributed by atoms with E-state index in [1.807, 2.05) is 17.9 Å². The molecule has 28 heavy (non-hydrogen) atoms. The van der Waals surface area contributed by atoms with Crippen molar-refractivity contribution in [2.24, 2.45) is 0 Å². The van der Waals surface area contributed by atoms with Crippen LogP contribution in [0, 0.1) is 6.92 Å². The zero-order valence-corrected chi connectivity index (χ0v) is 16.5. The molecule has 0 N–H and O–H groups in total. The second-order valence-electron chi connectivity index (χ2n) is 7.23. The SMILES string of the molecule is COc1cc(C(=O)N2CCN(c3cc(C)nc(N4CCCC4)n3)CC2)ccn1. The van der Waals surface area contributed by atoms with E-state index in [2.05, 4.69) is 19.8 Å². The van der Waals surface area contributed by atoms with Crippen LogP contribution in [0.4, 0.5) is 11.8 Å². The average Bonchev–Trinajstić information content (AvgIpc) is 3.28. The van der Waals surface area contributed by atoms with Crippen molar-refractivity contribution in [3.05, 3.63) is 35.7 Å². The number of hydrogen-bond donors (Lipinski definition) is 0. The predicted octanol–water partition coefficient (Wildman–Crippen LogP) is 1.75. The second-order valence-corrected chi connectivity index (χ2v) is 7.23. The molecule has 8 heteroatoms. The molecule has 2 aromatic heterocycles. The van der Waals surface area contributed by atoms with Crippen molar-refractivity contribution < 1.29 is 9.53 Å². The van der Waals surface area contributed by atoms with E-state index in [1.54, 1.807) is 25.4 Å². The van der Waals surface area contributed by atoms with Crippen molar-refractivity contribution in [3.8, 4) is 5.88 Å². The van der Waals surface area contributed by atoms with E-state index in [1.165, 1.54) is 12.8 Å². The maximum absolute atomic E-state index is 12.8. The summed E-state index contributed by atoms with van der Waals surface area (Å²) in [5, 5.41) is 0. The van der Waals surface area contributed by atoms with Crippen molar-refractivity contribution in [1.29, 1.82) is 0 Å². The number of piperazine rings is 1. The van der Waals surface area contributed by atoms with Gasteiger partial charge in [0.1, 0.15) is 5.82 Å². The minimum Gasteiger partial charge on any atom is -0.481 e. The highest BCUT2D eigenvalue weighted by molar-refractivity contribution is 5.94. The van der Waals surface area contributed by atoms with Gasteiger partial charge in [-0.05, 0) is 25.8 Å². The van der Waals surface area contributed by atoms with Gasteiger partial charge in [-0.3, -0.25) is 4.79 Å². The third-order valence-corrected chi connectivity index (χ3v) is 5.30. The zero-order chi connectivity index (χ0) is 19.5. The topological polar surface area (TPSA) is 74.7 Å². The Kier molecular flexibility index (Phi) is 5.27. The molecule has 8 nitrogen and oxygen atoms in total. The smallest absolute Gasteiger partial charge is 0.254 e. The fraction of sp³-hybridized carbons (Fsp3) is 0.500. The van der Waals surface area contributed by atoms with Crippen molar-refractivity contribution >= 4 is 17.7 Å². The Morgan fingerprint density at radius 3 is 2.46 bits per heavy atom. The standard InChI is InChI=1S/C20H26N6O2/c1-15-13-17(23-20(22-15)26-7-3-4-8-26)24-9-11-25(12-10-24)19(27)16-5-6-21-18(14-16)28-2/h5-6,13-14H,3-4,7-12H2,1-2H3. The molecule has 2 fully saturated rings. The Balaban J connectivity index is 1.43. The second kappa shape index (κ2) is 8.00. The van der Waals surface area contributed by atoms with Gasteiger partial charge in [0.15, 0.2) is 0 Å². The first kappa shape index (κ1) is 18.5. The monoisotopic (exact) mass is 382 g/mol. The summed E-state index contributed by atoms with van der Waals surface area (Å²) in [7, 11) is 1.55. The molecule has 1 amide bonds. The summed E-state index contributed by atoms with van der Waals surface area (Å²) in [5.41, 5.74) is 1.59. The molecule has 0 unspecified atom stereocenters. The molecule has 4 heterocycles. The predicted molar refractivity (Wildman–Crippen MR) is 107 cm³/mol. The van der Waals surface area contributed by atoms with E-state index in [0.717, 1.165) is 43.6 Å². The summed E-state index contributed by atoms with van der Waals surface area (Å²) in [5.74, 6) is 2.24. The molecule has 0 spiro atoms. The summed E-state index contributed by atoms with van der Waals surface area (Å²) in [6, 6.07) is 5.45. The highest BCUT2D eigenvalue weighted by atomic mass is 16.5. The van der Waals surface area contributed by atoms with Gasteiger partial charge in [-0.25, -0.2) is 9.97 Å². The lowest BCUT2D eigenvalue weighted by molar-refractivity contribution is 0.0746. The molecule has 2 aliphatic heterocycles. The summed E-state index contributed by atoms with van der Waals surface area (Å²) in [6.07, 6.45) is 4.01. The molecule has 4 rings (SSSR count). The molecular formula is C20H26N6O2. The van der Waals surface area contributed by atoms with Crippen molar-refractivity contribution in [3.63, 3.8) is 0 Å². The maximum Gasteiger partial charge on any atom is 0.254 e. The number of rotatable bonds is 4. The minimum absolute atomic E-state index is 0.0111. The van der Waals surface area contributed by atoms with Gasteiger partial charge >= 0.3 is 0 Å². The Morgan fingerprint density at radius 1 is 1.00 bits per heavy atom. The summed E-state index contributed by atoms with van der Waals surface area (Å²) >= 11 is 0. The fourth-order valence-electron chi connectivity index (χ4n) is 3.73. The molecule has 0 aromatic carbocycles. The van der Waals surface area contributed by atoms with Gasteiger partial charge in [0, 0.05) is 68.9 Å². The van der Waals surface area contributed by atoms with Crippen LogP contribution < -0.4 is 14.5 Å². The van der Waals surface area contributed by atoms with Crippen LogP contribution in [0.25, 0.3) is 0 Å². The molecule has 0 saturated carbocycles. The third kappa shape index (κ3) is 3.85. The van der Waals surface area contributed by atoms with E-state index in [4.69, 9.17) is 9.72 Å². The number of aromatic nitrogens is 3. The van der Waals surface area contributed by atoms with E-state index in [9.17, 15) is 4.79 Å². The van der Waals surface area contributed by atoms with E-state index < -0.39 is 0 Å². The van der Waals surface area contributed by atoms with Gasteiger partial charge in [-0.2, -0.15) is 4.98 Å². The quantitative estimate of drug-likeness (QED) is 0.797.